The molecule has 28 heavy (non-hydrogen) atoms. The fraction of sp³-hybridized carbons (Fsp3) is 0.350. The summed E-state index contributed by atoms with van der Waals surface area (Å²) in [5.41, 5.74) is 0.957. The van der Waals surface area contributed by atoms with E-state index in [1.165, 1.54) is 30.3 Å². The molecule has 0 saturated carbocycles. The summed E-state index contributed by atoms with van der Waals surface area (Å²) in [6.07, 6.45) is 0.904. The Morgan fingerprint density at radius 3 is 2.75 bits per heavy atom. The fourth-order valence-corrected chi connectivity index (χ4v) is 3.30. The number of amides is 1. The van der Waals surface area contributed by atoms with Gasteiger partial charge in [0.05, 0.1) is 11.5 Å². The molecule has 1 aliphatic heterocycles. The quantitative estimate of drug-likeness (QED) is 0.581. The third-order valence-electron chi connectivity index (χ3n) is 4.75. The van der Waals surface area contributed by atoms with Crippen LogP contribution in [-0.2, 0) is 0 Å². The molecule has 8 heteroatoms. The summed E-state index contributed by atoms with van der Waals surface area (Å²) in [6.45, 7) is 4.10. The van der Waals surface area contributed by atoms with Crippen LogP contribution in [0.25, 0.3) is 0 Å². The smallest absolute Gasteiger partial charge is 0.311 e. The summed E-state index contributed by atoms with van der Waals surface area (Å²) >= 11 is 0. The molecule has 1 atom stereocenters. The number of carbonyl (C=O) groups excluding carboxylic acids is 1. The number of nitro benzene ring substituents is 1. The van der Waals surface area contributed by atoms with E-state index >= 15 is 0 Å². The van der Waals surface area contributed by atoms with E-state index in [2.05, 4.69) is 10.2 Å². The first-order chi connectivity index (χ1) is 13.5. The maximum absolute atomic E-state index is 13.1. The molecule has 0 spiro atoms. The second-order valence-electron chi connectivity index (χ2n) is 6.66. The molecule has 1 N–H and O–H groups in total. The normalized spacial score (nSPS) is 16.1. The predicted molar refractivity (Wildman–Crippen MR) is 103 cm³/mol. The first kappa shape index (κ1) is 19.6. The van der Waals surface area contributed by atoms with Crippen LogP contribution in [0.15, 0.2) is 42.5 Å². The monoisotopic (exact) mass is 387 g/mol. The maximum Gasteiger partial charge on any atom is 0.311 e. The fourth-order valence-electron chi connectivity index (χ4n) is 3.30. The van der Waals surface area contributed by atoms with E-state index < -0.39 is 4.92 Å². The average Bonchev–Trinajstić information content (AvgIpc) is 3.16. The molecule has 1 fully saturated rings. The molecular formula is C20H22FN3O4. The zero-order chi connectivity index (χ0) is 20.1. The van der Waals surface area contributed by atoms with E-state index in [1.807, 2.05) is 0 Å². The van der Waals surface area contributed by atoms with Crippen LogP contribution in [0.3, 0.4) is 0 Å². The minimum atomic E-state index is -0.556. The summed E-state index contributed by atoms with van der Waals surface area (Å²) in [5, 5.41) is 14.0. The summed E-state index contributed by atoms with van der Waals surface area (Å²) in [5.74, 6) is -0.218. The van der Waals surface area contributed by atoms with Crippen molar-refractivity contribution in [3.05, 3.63) is 64.0 Å². The van der Waals surface area contributed by atoms with Gasteiger partial charge in [0.2, 0.25) is 0 Å². The Labute approximate surface area is 162 Å². The molecule has 7 nitrogen and oxygen atoms in total. The van der Waals surface area contributed by atoms with Gasteiger partial charge in [0, 0.05) is 37.0 Å². The lowest BCUT2D eigenvalue weighted by molar-refractivity contribution is -0.385. The van der Waals surface area contributed by atoms with Crippen LogP contribution in [0, 0.1) is 21.8 Å². The Balaban J connectivity index is 1.58. The van der Waals surface area contributed by atoms with Gasteiger partial charge in [-0.2, -0.15) is 0 Å². The van der Waals surface area contributed by atoms with Crippen molar-refractivity contribution in [1.29, 1.82) is 0 Å². The van der Waals surface area contributed by atoms with Crippen molar-refractivity contribution in [3.63, 3.8) is 0 Å². The number of nitrogens with zero attached hydrogens (tertiary/aromatic N) is 2. The Morgan fingerprint density at radius 2 is 2.07 bits per heavy atom. The highest BCUT2D eigenvalue weighted by Gasteiger charge is 2.24. The first-order valence-electron chi connectivity index (χ1n) is 9.18. The van der Waals surface area contributed by atoms with Gasteiger partial charge in [-0.15, -0.1) is 0 Å². The minimum absolute atomic E-state index is 0.148. The van der Waals surface area contributed by atoms with Crippen molar-refractivity contribution in [2.75, 3.05) is 31.1 Å². The third-order valence-corrected chi connectivity index (χ3v) is 4.75. The van der Waals surface area contributed by atoms with Crippen LogP contribution in [0.2, 0.25) is 0 Å². The highest BCUT2D eigenvalue weighted by Crippen LogP contribution is 2.28. The molecule has 1 aliphatic rings. The Morgan fingerprint density at radius 1 is 1.32 bits per heavy atom. The van der Waals surface area contributed by atoms with Crippen LogP contribution in [-0.4, -0.2) is 37.1 Å². The van der Waals surface area contributed by atoms with Crippen LogP contribution < -0.4 is 15.0 Å². The number of hydrogen-bond acceptors (Lipinski definition) is 5. The summed E-state index contributed by atoms with van der Waals surface area (Å²) in [7, 11) is 0. The molecular weight excluding hydrogens is 365 g/mol. The lowest BCUT2D eigenvalue weighted by atomic mass is 10.1. The molecule has 3 rings (SSSR count). The van der Waals surface area contributed by atoms with Gasteiger partial charge in [-0.25, -0.2) is 4.39 Å². The Bertz CT molecular complexity index is 857. The predicted octanol–water partition coefficient (Wildman–Crippen LogP) is 3.39. The van der Waals surface area contributed by atoms with Crippen molar-refractivity contribution in [1.82, 2.24) is 5.32 Å². The molecule has 1 unspecified atom stereocenters. The molecule has 0 aromatic heterocycles. The number of anilines is 1. The number of carbonyl (C=O) groups is 1. The molecule has 0 aliphatic carbocycles. The maximum atomic E-state index is 13.1. The van der Waals surface area contributed by atoms with Crippen molar-refractivity contribution in [3.8, 4) is 5.75 Å². The molecule has 1 heterocycles. The SMILES string of the molecule is CCOc1ccc(C(=O)NCC2CCN(c3ccc(F)cc3)C2)cc1[N+](=O)[O-]. The standard InChI is InChI=1S/C20H22FN3O4/c1-2-28-19-8-3-15(11-18(19)24(26)27)20(25)22-12-14-9-10-23(13-14)17-6-4-16(21)5-7-17/h3-8,11,14H,2,9-10,12-13H2,1H3,(H,22,25). The van der Waals surface area contributed by atoms with E-state index in [0.29, 0.717) is 13.2 Å². The molecule has 148 valence electrons. The lowest BCUT2D eigenvalue weighted by Crippen LogP contribution is -2.31. The molecule has 2 aromatic rings. The number of nitro groups is 1. The number of ether oxygens (including phenoxy) is 1. The minimum Gasteiger partial charge on any atom is -0.487 e. The van der Waals surface area contributed by atoms with Gasteiger partial charge >= 0.3 is 5.69 Å². The molecule has 0 radical (unpaired) electrons. The van der Waals surface area contributed by atoms with Crippen molar-refractivity contribution in [2.24, 2.45) is 5.92 Å². The highest BCUT2D eigenvalue weighted by atomic mass is 19.1. The summed E-state index contributed by atoms with van der Waals surface area (Å²) in [6, 6.07) is 10.6. The van der Waals surface area contributed by atoms with Crippen LogP contribution in [0.5, 0.6) is 5.75 Å². The van der Waals surface area contributed by atoms with E-state index in [-0.39, 0.29) is 34.6 Å². The lowest BCUT2D eigenvalue weighted by Gasteiger charge is -2.18. The molecule has 1 amide bonds. The molecule has 1 saturated heterocycles. The zero-order valence-corrected chi connectivity index (χ0v) is 15.6. The van der Waals surface area contributed by atoms with Crippen molar-refractivity contribution < 1.29 is 18.8 Å². The van der Waals surface area contributed by atoms with Crippen LogP contribution >= 0.6 is 0 Å². The van der Waals surface area contributed by atoms with E-state index in [0.717, 1.165) is 25.2 Å². The van der Waals surface area contributed by atoms with Gasteiger partial charge < -0.3 is 15.0 Å². The second-order valence-corrected chi connectivity index (χ2v) is 6.66. The Hall–Kier alpha value is -3.16. The average molecular weight is 387 g/mol. The van der Waals surface area contributed by atoms with Gasteiger partial charge in [0.25, 0.3) is 5.91 Å². The van der Waals surface area contributed by atoms with Gasteiger partial charge in [0.15, 0.2) is 5.75 Å². The number of halogens is 1. The van der Waals surface area contributed by atoms with Crippen LogP contribution in [0.1, 0.15) is 23.7 Å². The van der Waals surface area contributed by atoms with E-state index in [1.54, 1.807) is 19.1 Å². The zero-order valence-electron chi connectivity index (χ0n) is 15.6. The van der Waals surface area contributed by atoms with Gasteiger partial charge in [0.1, 0.15) is 5.82 Å². The Kier molecular flexibility index (Phi) is 6.08. The number of benzene rings is 2. The topological polar surface area (TPSA) is 84.7 Å². The number of hydrogen-bond donors (Lipinski definition) is 1. The van der Waals surface area contributed by atoms with E-state index in [9.17, 15) is 19.3 Å². The van der Waals surface area contributed by atoms with E-state index in [4.69, 9.17) is 4.74 Å². The largest absolute Gasteiger partial charge is 0.487 e. The van der Waals surface area contributed by atoms with Gasteiger partial charge in [-0.1, -0.05) is 0 Å². The summed E-state index contributed by atoms with van der Waals surface area (Å²) < 4.78 is 18.3. The summed E-state index contributed by atoms with van der Waals surface area (Å²) in [4.78, 5) is 25.2. The highest BCUT2D eigenvalue weighted by molar-refractivity contribution is 5.95. The van der Waals surface area contributed by atoms with Crippen LogP contribution in [0.4, 0.5) is 15.8 Å². The van der Waals surface area contributed by atoms with Crippen molar-refractivity contribution in [2.45, 2.75) is 13.3 Å². The number of rotatable bonds is 7. The molecule has 2 aromatic carbocycles. The first-order valence-corrected chi connectivity index (χ1v) is 9.18. The third kappa shape index (κ3) is 4.57. The van der Waals surface area contributed by atoms with Crippen molar-refractivity contribution >= 4 is 17.3 Å². The number of nitrogens with one attached hydrogen (secondary N) is 1. The molecule has 0 bridgehead atoms. The second kappa shape index (κ2) is 8.69. The van der Waals surface area contributed by atoms with Gasteiger partial charge in [-0.3, -0.25) is 14.9 Å². The van der Waals surface area contributed by atoms with Gasteiger partial charge in [-0.05, 0) is 55.7 Å².